The van der Waals surface area contributed by atoms with Gasteiger partial charge in [0.2, 0.25) is 0 Å². The van der Waals surface area contributed by atoms with Gasteiger partial charge < -0.3 is 5.11 Å². The van der Waals surface area contributed by atoms with Gasteiger partial charge in [0.15, 0.2) is 0 Å². The number of nitrogens with two attached hydrogens (primary N) is 1. The zero-order chi connectivity index (χ0) is 14.4. The molecule has 1 aliphatic carbocycles. The molecule has 1 heterocycles. The third-order valence-corrected chi connectivity index (χ3v) is 3.78. The van der Waals surface area contributed by atoms with E-state index in [9.17, 15) is 4.79 Å². The highest BCUT2D eigenvalue weighted by Gasteiger charge is 2.24. The van der Waals surface area contributed by atoms with Crippen molar-refractivity contribution in [1.82, 2.24) is 15.3 Å². The van der Waals surface area contributed by atoms with E-state index in [4.69, 9.17) is 10.9 Å². The lowest BCUT2D eigenvalue weighted by Crippen LogP contribution is -2.40. The Morgan fingerprint density at radius 1 is 1.50 bits per heavy atom. The van der Waals surface area contributed by atoms with Crippen molar-refractivity contribution in [3.8, 4) is 0 Å². The van der Waals surface area contributed by atoms with Crippen LogP contribution in [0.25, 0.3) is 0 Å². The maximum absolute atomic E-state index is 11.3. The topological polar surface area (TPSA) is 91.5 Å². The molecule has 0 saturated heterocycles. The number of hydrogen-bond acceptors (Lipinski definition) is 5. The van der Waals surface area contributed by atoms with Crippen molar-refractivity contribution in [1.29, 1.82) is 0 Å². The molecule has 110 valence electrons. The Labute approximate surface area is 119 Å². The molecule has 0 bridgehead atoms. The summed E-state index contributed by atoms with van der Waals surface area (Å²) < 4.78 is 0. The summed E-state index contributed by atoms with van der Waals surface area (Å²) in [6.07, 6.45) is 6.05. The van der Waals surface area contributed by atoms with Gasteiger partial charge in [0.25, 0.3) is 5.91 Å². The number of hydrazine groups is 1. The van der Waals surface area contributed by atoms with E-state index in [1.54, 1.807) is 12.3 Å². The highest BCUT2D eigenvalue weighted by Crippen LogP contribution is 2.26. The predicted octanol–water partition coefficient (Wildman–Crippen LogP) is 0.422. The number of aromatic nitrogens is 1. The van der Waals surface area contributed by atoms with Crippen LogP contribution in [0.1, 0.15) is 41.7 Å². The van der Waals surface area contributed by atoms with Gasteiger partial charge in [0.1, 0.15) is 0 Å². The van der Waals surface area contributed by atoms with E-state index < -0.39 is 0 Å². The zero-order valence-corrected chi connectivity index (χ0v) is 11.6. The van der Waals surface area contributed by atoms with Crippen LogP contribution in [-0.2, 0) is 6.54 Å². The van der Waals surface area contributed by atoms with E-state index in [2.05, 4.69) is 15.3 Å². The largest absolute Gasteiger partial charge is 0.396 e. The van der Waals surface area contributed by atoms with Crippen LogP contribution in [0.5, 0.6) is 0 Å². The van der Waals surface area contributed by atoms with Gasteiger partial charge in [0, 0.05) is 31.9 Å². The molecule has 1 aromatic heterocycles. The Balaban J connectivity index is 1.96. The number of carbonyl (C=O) groups is 1. The SMILES string of the molecule is NNC(=O)c1ccc(CN(CCCO)C2CCC2)nc1. The van der Waals surface area contributed by atoms with Crippen molar-refractivity contribution in [2.45, 2.75) is 38.3 Å². The fraction of sp³-hybridized carbons (Fsp3) is 0.571. The monoisotopic (exact) mass is 278 g/mol. The van der Waals surface area contributed by atoms with Crippen LogP contribution in [0.15, 0.2) is 18.3 Å². The number of aliphatic hydroxyl groups excluding tert-OH is 1. The second-order valence-electron chi connectivity index (χ2n) is 5.14. The fourth-order valence-corrected chi connectivity index (χ4v) is 2.36. The summed E-state index contributed by atoms with van der Waals surface area (Å²) in [5.74, 6) is 4.75. The Hall–Kier alpha value is -1.50. The summed E-state index contributed by atoms with van der Waals surface area (Å²) in [4.78, 5) is 18.0. The van der Waals surface area contributed by atoms with Gasteiger partial charge in [-0.1, -0.05) is 6.42 Å². The van der Waals surface area contributed by atoms with Crippen LogP contribution in [0.3, 0.4) is 0 Å². The first-order valence-electron chi connectivity index (χ1n) is 7.05. The number of aliphatic hydroxyl groups is 1. The van der Waals surface area contributed by atoms with Crippen LogP contribution in [0, 0.1) is 0 Å². The van der Waals surface area contributed by atoms with Crippen LogP contribution in [0.4, 0.5) is 0 Å². The number of amides is 1. The molecule has 0 aromatic carbocycles. The average molecular weight is 278 g/mol. The molecule has 20 heavy (non-hydrogen) atoms. The average Bonchev–Trinajstić information content (AvgIpc) is 2.42. The van der Waals surface area contributed by atoms with E-state index in [0.29, 0.717) is 11.6 Å². The molecule has 4 N–H and O–H groups in total. The van der Waals surface area contributed by atoms with Gasteiger partial charge in [-0.05, 0) is 31.4 Å². The third kappa shape index (κ3) is 3.75. The molecular weight excluding hydrogens is 256 g/mol. The molecule has 0 spiro atoms. The second kappa shape index (κ2) is 7.33. The van der Waals surface area contributed by atoms with Gasteiger partial charge in [-0.15, -0.1) is 0 Å². The van der Waals surface area contributed by atoms with Gasteiger partial charge in [-0.25, -0.2) is 5.84 Å². The normalized spacial score (nSPS) is 15.2. The molecule has 1 amide bonds. The van der Waals surface area contributed by atoms with Crippen molar-refractivity contribution in [2.24, 2.45) is 5.84 Å². The van der Waals surface area contributed by atoms with Crippen molar-refractivity contribution >= 4 is 5.91 Å². The highest BCUT2D eigenvalue weighted by molar-refractivity contribution is 5.93. The van der Waals surface area contributed by atoms with E-state index in [-0.39, 0.29) is 12.5 Å². The van der Waals surface area contributed by atoms with Crippen LogP contribution in [-0.4, -0.2) is 40.1 Å². The number of carbonyl (C=O) groups excluding carboxylic acids is 1. The molecule has 0 aliphatic heterocycles. The van der Waals surface area contributed by atoms with Gasteiger partial charge >= 0.3 is 0 Å². The lowest BCUT2D eigenvalue weighted by Gasteiger charge is -2.37. The molecular formula is C14H22N4O2. The van der Waals surface area contributed by atoms with E-state index >= 15 is 0 Å². The summed E-state index contributed by atoms with van der Waals surface area (Å²) in [6, 6.07) is 4.19. The quantitative estimate of drug-likeness (QED) is 0.382. The molecule has 2 rings (SSSR count). The molecule has 0 atom stereocenters. The number of nitrogens with zero attached hydrogens (tertiary/aromatic N) is 2. The number of nitrogen functional groups attached to an aromatic ring is 1. The predicted molar refractivity (Wildman–Crippen MR) is 75.6 cm³/mol. The van der Waals surface area contributed by atoms with Gasteiger partial charge in [-0.3, -0.25) is 20.1 Å². The Kier molecular flexibility index (Phi) is 5.46. The Morgan fingerprint density at radius 3 is 2.80 bits per heavy atom. The van der Waals surface area contributed by atoms with Gasteiger partial charge in [-0.2, -0.15) is 0 Å². The molecule has 1 saturated carbocycles. The maximum Gasteiger partial charge on any atom is 0.266 e. The fourth-order valence-electron chi connectivity index (χ4n) is 2.36. The van der Waals surface area contributed by atoms with Crippen LogP contribution < -0.4 is 11.3 Å². The number of hydrogen-bond donors (Lipinski definition) is 3. The molecule has 1 aliphatic rings. The number of nitrogens with one attached hydrogen (secondary N) is 1. The molecule has 6 heteroatoms. The molecule has 0 unspecified atom stereocenters. The maximum atomic E-state index is 11.3. The smallest absolute Gasteiger partial charge is 0.266 e. The van der Waals surface area contributed by atoms with E-state index in [1.807, 2.05) is 6.07 Å². The third-order valence-electron chi connectivity index (χ3n) is 3.78. The van der Waals surface area contributed by atoms with E-state index in [1.165, 1.54) is 19.3 Å². The van der Waals surface area contributed by atoms with Crippen molar-refractivity contribution < 1.29 is 9.90 Å². The van der Waals surface area contributed by atoms with Gasteiger partial charge in [0.05, 0.1) is 11.3 Å². The van der Waals surface area contributed by atoms with Crippen LogP contribution in [0.2, 0.25) is 0 Å². The summed E-state index contributed by atoms with van der Waals surface area (Å²) in [6.45, 7) is 1.86. The minimum atomic E-state index is -0.333. The summed E-state index contributed by atoms with van der Waals surface area (Å²) >= 11 is 0. The standard InChI is InChI=1S/C14H22N4O2/c15-17-14(20)11-5-6-12(16-9-11)10-18(7-2-8-19)13-3-1-4-13/h5-6,9,13,19H,1-4,7-8,10,15H2,(H,17,20). The molecule has 0 radical (unpaired) electrons. The minimum absolute atomic E-state index is 0.215. The molecule has 6 nitrogen and oxygen atoms in total. The van der Waals surface area contributed by atoms with Crippen molar-refractivity contribution in [3.05, 3.63) is 29.6 Å². The van der Waals surface area contributed by atoms with Crippen LogP contribution >= 0.6 is 0 Å². The summed E-state index contributed by atoms with van der Waals surface area (Å²) in [5, 5.41) is 8.98. The first-order chi connectivity index (χ1) is 9.74. The Bertz CT molecular complexity index is 431. The summed E-state index contributed by atoms with van der Waals surface area (Å²) in [7, 11) is 0. The van der Waals surface area contributed by atoms with E-state index in [0.717, 1.165) is 25.2 Å². The van der Waals surface area contributed by atoms with Crippen molar-refractivity contribution in [2.75, 3.05) is 13.2 Å². The lowest BCUT2D eigenvalue weighted by molar-refractivity contribution is 0.0952. The number of rotatable bonds is 7. The molecule has 1 fully saturated rings. The zero-order valence-electron chi connectivity index (χ0n) is 11.6. The second-order valence-corrected chi connectivity index (χ2v) is 5.14. The number of pyridine rings is 1. The minimum Gasteiger partial charge on any atom is -0.396 e. The molecule has 1 aromatic rings. The first kappa shape index (κ1) is 14.9. The summed E-state index contributed by atoms with van der Waals surface area (Å²) in [5.41, 5.74) is 3.48. The Morgan fingerprint density at radius 2 is 2.30 bits per heavy atom. The first-order valence-corrected chi connectivity index (χ1v) is 7.05. The lowest BCUT2D eigenvalue weighted by atomic mass is 9.91. The highest BCUT2D eigenvalue weighted by atomic mass is 16.3. The van der Waals surface area contributed by atoms with Crippen molar-refractivity contribution in [3.63, 3.8) is 0 Å².